The first-order valence-electron chi connectivity index (χ1n) is 20.6. The van der Waals surface area contributed by atoms with E-state index in [-0.39, 0.29) is 28.5 Å². The lowest BCUT2D eigenvalue weighted by Gasteiger charge is -2.48. The molecule has 0 radical (unpaired) electrons. The Bertz CT molecular complexity index is 2820. The predicted octanol–water partition coefficient (Wildman–Crippen LogP) is 14.1. The SMILES string of the molecule is CC(C)(C)c1ccc(N2c3cc(C(C)(C)C)ccc3B3c4c(cc(C(C)(C)C)cc42)-c2cc4sc5ccccc5c4c4c2N3c2ccc(C(C)(C)C)cc2O4)cc1. The lowest BCUT2D eigenvalue weighted by Crippen LogP contribution is -2.62. The largest absolute Gasteiger partial charge is 0.452 e. The molecule has 7 aromatic rings. The van der Waals surface area contributed by atoms with E-state index in [1.54, 1.807) is 0 Å². The van der Waals surface area contributed by atoms with Crippen molar-refractivity contribution in [2.24, 2.45) is 0 Å². The summed E-state index contributed by atoms with van der Waals surface area (Å²) in [7, 11) is 0. The van der Waals surface area contributed by atoms with Crippen LogP contribution in [0.25, 0.3) is 31.3 Å². The van der Waals surface area contributed by atoms with Crippen LogP contribution in [0.1, 0.15) is 105 Å². The van der Waals surface area contributed by atoms with Crippen LogP contribution in [0.4, 0.5) is 28.4 Å². The highest BCUT2D eigenvalue weighted by Crippen LogP contribution is 2.60. The van der Waals surface area contributed by atoms with Crippen LogP contribution in [-0.2, 0) is 21.7 Å². The second-order valence-corrected chi connectivity index (χ2v) is 21.8. The molecule has 286 valence electrons. The van der Waals surface area contributed by atoms with E-state index in [1.807, 2.05) is 11.3 Å². The van der Waals surface area contributed by atoms with E-state index in [9.17, 15) is 0 Å². The smallest absolute Gasteiger partial charge is 0.333 e. The predicted molar refractivity (Wildman–Crippen MR) is 248 cm³/mol. The minimum Gasteiger partial charge on any atom is -0.452 e. The molecule has 3 nitrogen and oxygen atoms in total. The van der Waals surface area contributed by atoms with Gasteiger partial charge in [-0.3, -0.25) is 0 Å². The van der Waals surface area contributed by atoms with Crippen molar-refractivity contribution in [3.8, 4) is 22.6 Å². The maximum Gasteiger partial charge on any atom is 0.333 e. The summed E-state index contributed by atoms with van der Waals surface area (Å²) in [5.74, 6) is 1.90. The summed E-state index contributed by atoms with van der Waals surface area (Å²) in [4.78, 5) is 5.23. The Balaban J connectivity index is 1.36. The van der Waals surface area contributed by atoms with Gasteiger partial charge >= 0.3 is 6.85 Å². The molecular formula is C52H53BN2OS. The highest BCUT2D eigenvalue weighted by molar-refractivity contribution is 7.26. The Morgan fingerprint density at radius 2 is 1.14 bits per heavy atom. The molecular weight excluding hydrogens is 711 g/mol. The monoisotopic (exact) mass is 764 g/mol. The molecule has 4 heterocycles. The second kappa shape index (κ2) is 11.8. The van der Waals surface area contributed by atoms with Gasteiger partial charge in [0.25, 0.3) is 0 Å². The number of benzene rings is 6. The zero-order valence-corrected chi connectivity index (χ0v) is 36.4. The lowest BCUT2D eigenvalue weighted by molar-refractivity contribution is 0.480. The molecule has 0 N–H and O–H groups in total. The van der Waals surface area contributed by atoms with Gasteiger partial charge in [-0.25, -0.2) is 0 Å². The lowest BCUT2D eigenvalue weighted by atomic mass is 9.43. The Morgan fingerprint density at radius 3 is 1.82 bits per heavy atom. The molecule has 0 bridgehead atoms. The number of ether oxygens (including phenoxy) is 1. The average Bonchev–Trinajstić information content (AvgIpc) is 3.52. The zero-order valence-electron chi connectivity index (χ0n) is 35.6. The molecule has 6 aromatic carbocycles. The first kappa shape index (κ1) is 36.4. The van der Waals surface area contributed by atoms with Gasteiger partial charge in [-0.2, -0.15) is 0 Å². The third-order valence-electron chi connectivity index (χ3n) is 12.6. The molecule has 0 amide bonds. The van der Waals surface area contributed by atoms with Gasteiger partial charge in [0, 0.05) is 42.8 Å². The van der Waals surface area contributed by atoms with E-state index >= 15 is 0 Å². The molecule has 10 rings (SSSR count). The number of thiophene rings is 1. The van der Waals surface area contributed by atoms with Gasteiger partial charge in [-0.05, 0) is 109 Å². The number of anilines is 5. The minimum atomic E-state index is -0.0817. The Hall–Kier alpha value is -5.00. The Kier molecular flexibility index (Phi) is 7.52. The van der Waals surface area contributed by atoms with Gasteiger partial charge in [0.1, 0.15) is 5.75 Å². The Morgan fingerprint density at radius 1 is 0.526 bits per heavy atom. The molecule has 0 unspecified atom stereocenters. The van der Waals surface area contributed by atoms with Gasteiger partial charge < -0.3 is 14.4 Å². The quantitative estimate of drug-likeness (QED) is 0.155. The van der Waals surface area contributed by atoms with Crippen LogP contribution in [0.3, 0.4) is 0 Å². The van der Waals surface area contributed by atoms with E-state index in [4.69, 9.17) is 4.74 Å². The number of hydrogen-bond acceptors (Lipinski definition) is 4. The van der Waals surface area contributed by atoms with E-state index in [2.05, 4.69) is 196 Å². The van der Waals surface area contributed by atoms with E-state index in [0.29, 0.717) is 0 Å². The molecule has 3 aliphatic rings. The van der Waals surface area contributed by atoms with Crippen molar-refractivity contribution in [2.75, 3.05) is 9.71 Å². The van der Waals surface area contributed by atoms with Crippen molar-refractivity contribution in [2.45, 2.75) is 105 Å². The molecule has 0 saturated heterocycles. The van der Waals surface area contributed by atoms with Gasteiger partial charge in [0.2, 0.25) is 0 Å². The van der Waals surface area contributed by atoms with Crippen molar-refractivity contribution in [3.05, 3.63) is 125 Å². The summed E-state index contributed by atoms with van der Waals surface area (Å²) in [6.07, 6.45) is 0. The molecule has 0 fully saturated rings. The summed E-state index contributed by atoms with van der Waals surface area (Å²) in [5, 5.41) is 2.46. The van der Waals surface area contributed by atoms with E-state index in [1.165, 1.54) is 87.2 Å². The minimum absolute atomic E-state index is 0.0254. The number of rotatable bonds is 1. The van der Waals surface area contributed by atoms with Crippen molar-refractivity contribution in [1.82, 2.24) is 0 Å². The maximum absolute atomic E-state index is 7.33. The number of hydrogen-bond donors (Lipinski definition) is 0. The van der Waals surface area contributed by atoms with Crippen LogP contribution in [0.15, 0.2) is 103 Å². The van der Waals surface area contributed by atoms with Gasteiger partial charge in [-0.1, -0.05) is 138 Å². The van der Waals surface area contributed by atoms with E-state index < -0.39 is 0 Å². The molecule has 0 aliphatic carbocycles. The van der Waals surface area contributed by atoms with Crippen molar-refractivity contribution in [3.63, 3.8) is 0 Å². The highest BCUT2D eigenvalue weighted by atomic mass is 32.1. The fraction of sp³-hybridized carbons (Fsp3) is 0.308. The van der Waals surface area contributed by atoms with Crippen molar-refractivity contribution in [1.29, 1.82) is 0 Å². The van der Waals surface area contributed by atoms with Gasteiger partial charge in [0.05, 0.1) is 11.4 Å². The third kappa shape index (κ3) is 5.44. The fourth-order valence-electron chi connectivity index (χ4n) is 9.29. The average molecular weight is 765 g/mol. The third-order valence-corrected chi connectivity index (χ3v) is 13.8. The molecule has 0 spiro atoms. The molecule has 5 heteroatoms. The van der Waals surface area contributed by atoms with Gasteiger partial charge in [-0.15, -0.1) is 11.3 Å². The van der Waals surface area contributed by atoms with Crippen LogP contribution in [-0.4, -0.2) is 6.85 Å². The van der Waals surface area contributed by atoms with Crippen LogP contribution in [0, 0.1) is 0 Å². The Labute approximate surface area is 343 Å². The molecule has 0 atom stereocenters. The number of nitrogens with zero attached hydrogens (tertiary/aromatic N) is 2. The van der Waals surface area contributed by atoms with Crippen molar-refractivity contribution < 1.29 is 4.74 Å². The molecule has 0 saturated carbocycles. The van der Waals surface area contributed by atoms with Crippen LogP contribution in [0.2, 0.25) is 0 Å². The second-order valence-electron chi connectivity index (χ2n) is 20.7. The summed E-state index contributed by atoms with van der Waals surface area (Å²) < 4.78 is 9.87. The number of fused-ring (bicyclic) bond motifs is 10. The van der Waals surface area contributed by atoms with Crippen molar-refractivity contribution >= 4 is 77.7 Å². The summed E-state index contributed by atoms with van der Waals surface area (Å²) in [6, 6.07) is 39.9. The standard InChI is InChI=1S/C52H53BN2OS/c1-49(2,3)30-17-21-34(22-18-30)54-40-26-31(50(4,5)6)19-23-38(40)53-46-36(25-33(27-41(46)54)52(10,11)12)37-29-44-45(35-15-13-14-16-43(35)57-44)48-47(37)55(53)39-24-20-32(51(7,8)9)28-42(39)56-48/h13-29H,1-12H3. The molecule has 57 heavy (non-hydrogen) atoms. The highest BCUT2D eigenvalue weighted by Gasteiger charge is 2.49. The first-order valence-corrected chi connectivity index (χ1v) is 21.4. The maximum atomic E-state index is 7.33. The molecule has 1 aromatic heterocycles. The summed E-state index contributed by atoms with van der Waals surface area (Å²) in [6.45, 7) is 27.7. The van der Waals surface area contributed by atoms with Crippen LogP contribution >= 0.6 is 11.3 Å². The zero-order chi connectivity index (χ0) is 40.1. The van der Waals surface area contributed by atoms with Gasteiger partial charge in [0.15, 0.2) is 5.75 Å². The fourth-order valence-corrected chi connectivity index (χ4v) is 10.4. The first-order chi connectivity index (χ1) is 26.8. The van der Waals surface area contributed by atoms with E-state index in [0.717, 1.165) is 17.2 Å². The van der Waals surface area contributed by atoms with Crippen LogP contribution < -0.4 is 25.4 Å². The normalized spacial score (nSPS) is 14.7. The summed E-state index contributed by atoms with van der Waals surface area (Å²) in [5.41, 5.74) is 16.4. The van der Waals surface area contributed by atoms with Crippen LogP contribution in [0.5, 0.6) is 11.5 Å². The molecule has 3 aliphatic heterocycles. The topological polar surface area (TPSA) is 15.7 Å². The summed E-state index contributed by atoms with van der Waals surface area (Å²) >= 11 is 1.87.